The van der Waals surface area contributed by atoms with Crippen molar-refractivity contribution in [1.29, 1.82) is 5.26 Å². The lowest BCUT2D eigenvalue weighted by Crippen LogP contribution is -2.31. The first kappa shape index (κ1) is 15.5. The first-order valence-electron chi connectivity index (χ1n) is 7.04. The van der Waals surface area contributed by atoms with Crippen LogP contribution in [-0.4, -0.2) is 26.7 Å². The van der Waals surface area contributed by atoms with Crippen molar-refractivity contribution in [2.45, 2.75) is 27.2 Å². The second-order valence-electron chi connectivity index (χ2n) is 5.24. The molecule has 0 saturated heterocycles. The zero-order chi connectivity index (χ0) is 14.3. The maximum atomic E-state index is 9.27. The maximum absolute atomic E-state index is 9.27. The van der Waals surface area contributed by atoms with Gasteiger partial charge in [-0.1, -0.05) is 19.9 Å². The van der Waals surface area contributed by atoms with Crippen LogP contribution in [-0.2, 0) is 6.42 Å². The fraction of sp³-hybridized carbons (Fsp3) is 0.562. The van der Waals surface area contributed by atoms with Crippen LogP contribution in [0.2, 0.25) is 0 Å². The van der Waals surface area contributed by atoms with Crippen LogP contribution in [0, 0.1) is 17.2 Å². The summed E-state index contributed by atoms with van der Waals surface area (Å²) < 4.78 is 0. The molecule has 0 atom stereocenters. The molecule has 1 aromatic carbocycles. The van der Waals surface area contributed by atoms with Crippen molar-refractivity contribution in [3.8, 4) is 6.07 Å². The van der Waals surface area contributed by atoms with Crippen molar-refractivity contribution < 1.29 is 0 Å². The molecule has 0 aliphatic rings. The molecule has 0 unspecified atom stereocenters. The molecule has 1 N–H and O–H groups in total. The predicted octanol–water partition coefficient (Wildman–Crippen LogP) is 2.80. The van der Waals surface area contributed by atoms with Crippen LogP contribution in [0.25, 0.3) is 0 Å². The quantitative estimate of drug-likeness (QED) is 0.818. The topological polar surface area (TPSA) is 39.1 Å². The van der Waals surface area contributed by atoms with E-state index >= 15 is 0 Å². The summed E-state index contributed by atoms with van der Waals surface area (Å²) in [6, 6.07) is 8.51. The minimum absolute atomic E-state index is 0.633. The third-order valence-corrected chi connectivity index (χ3v) is 3.18. The van der Waals surface area contributed by atoms with Gasteiger partial charge >= 0.3 is 0 Å². The summed E-state index contributed by atoms with van der Waals surface area (Å²) in [5.41, 5.74) is 3.15. The molecule has 1 rings (SSSR count). The Morgan fingerprint density at radius 1 is 1.37 bits per heavy atom. The number of anilines is 1. The second kappa shape index (κ2) is 7.81. The van der Waals surface area contributed by atoms with Crippen LogP contribution in [0.4, 0.5) is 5.69 Å². The summed E-state index contributed by atoms with van der Waals surface area (Å²) >= 11 is 0. The molecule has 0 fully saturated rings. The summed E-state index contributed by atoms with van der Waals surface area (Å²) in [5, 5.41) is 12.4. The number of likely N-dealkylation sites (N-methyl/N-ethyl adjacent to an activating group) is 2. The van der Waals surface area contributed by atoms with E-state index in [-0.39, 0.29) is 0 Å². The highest BCUT2D eigenvalue weighted by atomic mass is 15.1. The molecule has 3 nitrogen and oxygen atoms in total. The highest BCUT2D eigenvalue weighted by molar-refractivity contribution is 5.60. The fourth-order valence-corrected chi connectivity index (χ4v) is 2.23. The maximum Gasteiger partial charge on any atom is 0.101 e. The highest BCUT2D eigenvalue weighted by Crippen LogP contribution is 2.23. The molecule has 0 saturated carbocycles. The van der Waals surface area contributed by atoms with E-state index in [1.165, 1.54) is 5.56 Å². The van der Waals surface area contributed by atoms with Gasteiger partial charge in [-0.3, -0.25) is 0 Å². The zero-order valence-corrected chi connectivity index (χ0v) is 12.5. The smallest absolute Gasteiger partial charge is 0.101 e. The highest BCUT2D eigenvalue weighted by Gasteiger charge is 2.11. The number of nitriles is 1. The Labute approximate surface area is 117 Å². The first-order chi connectivity index (χ1) is 9.12. The predicted molar refractivity (Wildman–Crippen MR) is 81.5 cm³/mol. The zero-order valence-electron chi connectivity index (χ0n) is 12.5. The van der Waals surface area contributed by atoms with Crippen LogP contribution in [0.3, 0.4) is 0 Å². The number of nitrogens with one attached hydrogen (secondary N) is 1. The number of nitrogens with zero attached hydrogens (tertiary/aromatic N) is 2. The van der Waals surface area contributed by atoms with Gasteiger partial charge in [0.25, 0.3) is 0 Å². The van der Waals surface area contributed by atoms with Crippen LogP contribution in [0.1, 0.15) is 31.9 Å². The largest absolute Gasteiger partial charge is 0.369 e. The third-order valence-electron chi connectivity index (χ3n) is 3.18. The van der Waals surface area contributed by atoms with Gasteiger partial charge in [-0.25, -0.2) is 0 Å². The van der Waals surface area contributed by atoms with E-state index in [2.05, 4.69) is 49.2 Å². The van der Waals surface area contributed by atoms with Crippen molar-refractivity contribution >= 4 is 5.69 Å². The number of hydrogen-bond acceptors (Lipinski definition) is 3. The molecule has 0 aromatic heterocycles. The summed E-state index contributed by atoms with van der Waals surface area (Å²) in [5.74, 6) is 0.633. The van der Waals surface area contributed by atoms with E-state index in [4.69, 9.17) is 0 Å². The number of rotatable bonds is 7. The normalized spacial score (nSPS) is 10.5. The minimum Gasteiger partial charge on any atom is -0.369 e. The first-order valence-corrected chi connectivity index (χ1v) is 7.04. The Morgan fingerprint density at radius 2 is 2.11 bits per heavy atom. The molecule has 0 amide bonds. The lowest BCUT2D eigenvalue weighted by atomic mass is 10.00. The van der Waals surface area contributed by atoms with E-state index in [1.54, 1.807) is 0 Å². The second-order valence-corrected chi connectivity index (χ2v) is 5.24. The van der Waals surface area contributed by atoms with Crippen molar-refractivity contribution in [1.82, 2.24) is 5.32 Å². The average Bonchev–Trinajstić information content (AvgIpc) is 2.39. The van der Waals surface area contributed by atoms with Crippen LogP contribution >= 0.6 is 0 Å². The van der Waals surface area contributed by atoms with Gasteiger partial charge in [0.2, 0.25) is 0 Å². The van der Waals surface area contributed by atoms with Crippen LogP contribution in [0.15, 0.2) is 18.2 Å². The molecular formula is C16H25N3. The van der Waals surface area contributed by atoms with Crippen molar-refractivity contribution in [3.63, 3.8) is 0 Å². The Balaban J connectivity index is 3.03. The van der Waals surface area contributed by atoms with Gasteiger partial charge in [-0.2, -0.15) is 5.26 Å². The molecule has 0 spiro atoms. The molecule has 0 heterocycles. The molecule has 104 valence electrons. The van der Waals surface area contributed by atoms with Gasteiger partial charge in [-0.15, -0.1) is 0 Å². The van der Waals surface area contributed by atoms with E-state index in [0.29, 0.717) is 5.92 Å². The Hall–Kier alpha value is -1.53. The lowest BCUT2D eigenvalue weighted by Gasteiger charge is -2.25. The lowest BCUT2D eigenvalue weighted by molar-refractivity contribution is 0.646. The van der Waals surface area contributed by atoms with Crippen LogP contribution in [0.5, 0.6) is 0 Å². The van der Waals surface area contributed by atoms with E-state index in [0.717, 1.165) is 37.3 Å². The van der Waals surface area contributed by atoms with Crippen molar-refractivity contribution in [2.75, 3.05) is 31.6 Å². The standard InChI is InChI=1S/C16H25N3/c1-5-19(9-8-18-4)16-11-14(10-13(2)3)6-7-15(16)12-17/h6-7,11,13,18H,5,8-10H2,1-4H3. The van der Waals surface area contributed by atoms with E-state index in [9.17, 15) is 5.26 Å². The van der Waals surface area contributed by atoms with Gasteiger partial charge in [0.05, 0.1) is 11.3 Å². The SMILES string of the molecule is CCN(CCNC)c1cc(CC(C)C)ccc1C#N. The van der Waals surface area contributed by atoms with Crippen molar-refractivity contribution in [2.24, 2.45) is 5.92 Å². The van der Waals surface area contributed by atoms with Crippen LogP contribution < -0.4 is 10.2 Å². The number of benzene rings is 1. The van der Waals surface area contributed by atoms with Gasteiger partial charge in [0.1, 0.15) is 6.07 Å². The summed E-state index contributed by atoms with van der Waals surface area (Å²) in [6.45, 7) is 9.33. The van der Waals surface area contributed by atoms with Gasteiger partial charge in [-0.05, 0) is 44.0 Å². The molecular weight excluding hydrogens is 234 g/mol. The van der Waals surface area contributed by atoms with Gasteiger partial charge in [0, 0.05) is 19.6 Å². The fourth-order valence-electron chi connectivity index (χ4n) is 2.23. The minimum atomic E-state index is 0.633. The summed E-state index contributed by atoms with van der Waals surface area (Å²) in [4.78, 5) is 2.26. The Morgan fingerprint density at radius 3 is 2.63 bits per heavy atom. The summed E-state index contributed by atoms with van der Waals surface area (Å²) in [6.07, 6.45) is 1.06. The van der Waals surface area contributed by atoms with E-state index in [1.807, 2.05) is 13.1 Å². The third kappa shape index (κ3) is 4.57. The molecule has 0 aliphatic carbocycles. The van der Waals surface area contributed by atoms with Gasteiger partial charge < -0.3 is 10.2 Å². The molecule has 19 heavy (non-hydrogen) atoms. The number of hydrogen-bond donors (Lipinski definition) is 1. The average molecular weight is 259 g/mol. The molecule has 0 aliphatic heterocycles. The van der Waals surface area contributed by atoms with E-state index < -0.39 is 0 Å². The molecule has 1 aromatic rings. The Bertz CT molecular complexity index is 432. The molecule has 0 radical (unpaired) electrons. The summed E-state index contributed by atoms with van der Waals surface area (Å²) in [7, 11) is 1.95. The Kier molecular flexibility index (Phi) is 6.38. The molecule has 3 heteroatoms. The molecule has 0 bridgehead atoms. The van der Waals surface area contributed by atoms with Gasteiger partial charge in [0.15, 0.2) is 0 Å². The van der Waals surface area contributed by atoms with Crippen molar-refractivity contribution in [3.05, 3.63) is 29.3 Å². The monoisotopic (exact) mass is 259 g/mol.